The summed E-state index contributed by atoms with van der Waals surface area (Å²) in [7, 11) is 4.02. The van der Waals surface area contributed by atoms with Crippen LogP contribution in [0.4, 0.5) is 21.8 Å². The van der Waals surface area contributed by atoms with Crippen LogP contribution in [0.25, 0.3) is 11.3 Å². The monoisotopic (exact) mass is 429 g/mol. The molecule has 0 aliphatic rings. The third-order valence-electron chi connectivity index (χ3n) is 3.83. The van der Waals surface area contributed by atoms with Crippen molar-refractivity contribution in [2.75, 3.05) is 37.8 Å². The van der Waals surface area contributed by atoms with Gasteiger partial charge in [-0.25, -0.2) is 9.37 Å². The second kappa shape index (κ2) is 8.92. The lowest BCUT2D eigenvalue weighted by molar-refractivity contribution is 0.425. The molecule has 3 aromatic rings. The molecule has 1 heterocycles. The average molecular weight is 430 g/mol. The normalized spacial score (nSPS) is 10.9. The Kier molecular flexibility index (Phi) is 6.36. The molecule has 0 unspecified atom stereocenters. The molecule has 0 spiro atoms. The van der Waals surface area contributed by atoms with Crippen molar-refractivity contribution in [2.45, 2.75) is 0 Å². The van der Waals surface area contributed by atoms with E-state index < -0.39 is 0 Å². The van der Waals surface area contributed by atoms with Gasteiger partial charge in [-0.1, -0.05) is 30.3 Å². The first-order valence-corrected chi connectivity index (χ1v) is 9.36. The van der Waals surface area contributed by atoms with Crippen LogP contribution < -0.4 is 10.6 Å². The molecule has 0 saturated heterocycles. The van der Waals surface area contributed by atoms with Crippen LogP contribution in [0.1, 0.15) is 0 Å². The standard InChI is InChI=1S/C20H21BrFN5/c1-27(2)11-10-23-20-25-18(14-6-4-3-5-7-14)13-19(26-20)24-15-8-9-16(21)17(22)12-15/h3-9,12-13H,10-11H2,1-2H3,(H2,23,24,25,26). The van der Waals surface area contributed by atoms with Gasteiger partial charge in [0.25, 0.3) is 0 Å². The summed E-state index contributed by atoms with van der Waals surface area (Å²) < 4.78 is 14.2. The third kappa shape index (κ3) is 5.48. The highest BCUT2D eigenvalue weighted by atomic mass is 79.9. The minimum absolute atomic E-state index is 0.332. The molecule has 0 saturated carbocycles. The van der Waals surface area contributed by atoms with Gasteiger partial charge in [-0.05, 0) is 48.2 Å². The van der Waals surface area contributed by atoms with Crippen LogP contribution >= 0.6 is 15.9 Å². The Bertz CT molecular complexity index is 902. The van der Waals surface area contributed by atoms with Crippen molar-refractivity contribution in [1.82, 2.24) is 14.9 Å². The molecule has 5 nitrogen and oxygen atoms in total. The van der Waals surface area contributed by atoms with Gasteiger partial charge in [0.1, 0.15) is 11.6 Å². The molecule has 1 aromatic heterocycles. The van der Waals surface area contributed by atoms with Gasteiger partial charge in [0.05, 0.1) is 10.2 Å². The van der Waals surface area contributed by atoms with Crippen LogP contribution in [-0.4, -0.2) is 42.1 Å². The van der Waals surface area contributed by atoms with E-state index in [0.29, 0.717) is 21.9 Å². The minimum atomic E-state index is -0.332. The van der Waals surface area contributed by atoms with Crippen molar-refractivity contribution < 1.29 is 4.39 Å². The average Bonchev–Trinajstić information content (AvgIpc) is 2.65. The van der Waals surface area contributed by atoms with Crippen molar-refractivity contribution in [3.05, 3.63) is 64.9 Å². The van der Waals surface area contributed by atoms with Crippen LogP contribution in [-0.2, 0) is 0 Å². The van der Waals surface area contributed by atoms with E-state index >= 15 is 0 Å². The molecule has 0 radical (unpaired) electrons. The number of likely N-dealkylation sites (N-methyl/N-ethyl adjacent to an activating group) is 1. The lowest BCUT2D eigenvalue weighted by atomic mass is 10.1. The zero-order chi connectivity index (χ0) is 19.2. The topological polar surface area (TPSA) is 53.1 Å². The summed E-state index contributed by atoms with van der Waals surface area (Å²) in [6.07, 6.45) is 0. The number of benzene rings is 2. The van der Waals surface area contributed by atoms with Gasteiger partial charge >= 0.3 is 0 Å². The maximum atomic E-state index is 13.8. The Morgan fingerprint density at radius 1 is 1.04 bits per heavy atom. The molecule has 2 aromatic carbocycles. The van der Waals surface area contributed by atoms with Crippen LogP contribution in [0.3, 0.4) is 0 Å². The first kappa shape index (κ1) is 19.3. The van der Waals surface area contributed by atoms with E-state index in [9.17, 15) is 4.39 Å². The molecule has 2 N–H and O–H groups in total. The fraction of sp³-hybridized carbons (Fsp3) is 0.200. The number of nitrogens with one attached hydrogen (secondary N) is 2. The summed E-state index contributed by atoms with van der Waals surface area (Å²) in [6.45, 7) is 1.58. The van der Waals surface area contributed by atoms with Crippen LogP contribution in [0.15, 0.2) is 59.1 Å². The number of halogens is 2. The highest BCUT2D eigenvalue weighted by Crippen LogP contribution is 2.25. The Balaban J connectivity index is 1.90. The number of rotatable bonds is 7. The Labute approximate surface area is 166 Å². The molecular formula is C20H21BrFN5. The molecule has 0 bridgehead atoms. The van der Waals surface area contributed by atoms with E-state index in [1.54, 1.807) is 12.1 Å². The predicted molar refractivity (Wildman–Crippen MR) is 112 cm³/mol. The maximum Gasteiger partial charge on any atom is 0.225 e. The quantitative estimate of drug-likeness (QED) is 0.566. The SMILES string of the molecule is CN(C)CCNc1nc(Nc2ccc(Br)c(F)c2)cc(-c2ccccc2)n1. The first-order chi connectivity index (χ1) is 13.0. The van der Waals surface area contributed by atoms with E-state index in [1.807, 2.05) is 50.5 Å². The predicted octanol–water partition coefficient (Wildman–Crippen LogP) is 4.76. The summed E-state index contributed by atoms with van der Waals surface area (Å²) in [4.78, 5) is 11.2. The van der Waals surface area contributed by atoms with Crippen molar-refractivity contribution in [3.63, 3.8) is 0 Å². The second-order valence-corrected chi connectivity index (χ2v) is 7.17. The number of anilines is 3. The summed E-state index contributed by atoms with van der Waals surface area (Å²) in [6, 6.07) is 16.6. The van der Waals surface area contributed by atoms with E-state index in [1.165, 1.54) is 6.07 Å². The number of nitrogens with zero attached hydrogens (tertiary/aromatic N) is 3. The van der Waals surface area contributed by atoms with Crippen molar-refractivity contribution >= 4 is 33.4 Å². The van der Waals surface area contributed by atoms with Gasteiger partial charge in [0.15, 0.2) is 0 Å². The van der Waals surface area contributed by atoms with Crippen LogP contribution in [0.5, 0.6) is 0 Å². The number of aromatic nitrogens is 2. The van der Waals surface area contributed by atoms with Gasteiger partial charge in [-0.2, -0.15) is 4.98 Å². The number of hydrogen-bond acceptors (Lipinski definition) is 5. The Hall–Kier alpha value is -2.51. The van der Waals surface area contributed by atoms with Gasteiger partial charge in [-0.15, -0.1) is 0 Å². The zero-order valence-electron chi connectivity index (χ0n) is 15.2. The highest BCUT2D eigenvalue weighted by Gasteiger charge is 2.08. The lowest BCUT2D eigenvalue weighted by Gasteiger charge is -2.13. The molecule has 0 aliphatic heterocycles. The molecule has 0 fully saturated rings. The van der Waals surface area contributed by atoms with Gasteiger partial charge in [-0.3, -0.25) is 0 Å². The molecular weight excluding hydrogens is 409 g/mol. The summed E-state index contributed by atoms with van der Waals surface area (Å²) >= 11 is 3.17. The van der Waals surface area contributed by atoms with E-state index in [-0.39, 0.29) is 5.82 Å². The van der Waals surface area contributed by atoms with Crippen molar-refractivity contribution in [2.24, 2.45) is 0 Å². The summed E-state index contributed by atoms with van der Waals surface area (Å²) in [5, 5.41) is 6.41. The fourth-order valence-electron chi connectivity index (χ4n) is 2.46. The van der Waals surface area contributed by atoms with E-state index in [2.05, 4.69) is 41.4 Å². The highest BCUT2D eigenvalue weighted by molar-refractivity contribution is 9.10. The van der Waals surface area contributed by atoms with Crippen molar-refractivity contribution in [1.29, 1.82) is 0 Å². The lowest BCUT2D eigenvalue weighted by Crippen LogP contribution is -2.21. The fourth-order valence-corrected chi connectivity index (χ4v) is 2.71. The van der Waals surface area contributed by atoms with Crippen LogP contribution in [0, 0.1) is 5.82 Å². The van der Waals surface area contributed by atoms with Gasteiger partial charge in [0.2, 0.25) is 5.95 Å². The van der Waals surface area contributed by atoms with E-state index in [4.69, 9.17) is 0 Å². The van der Waals surface area contributed by atoms with E-state index in [0.717, 1.165) is 24.3 Å². The molecule has 3 rings (SSSR count). The maximum absolute atomic E-state index is 13.8. The van der Waals surface area contributed by atoms with Crippen molar-refractivity contribution in [3.8, 4) is 11.3 Å². The third-order valence-corrected chi connectivity index (χ3v) is 4.47. The molecule has 140 valence electrons. The Morgan fingerprint density at radius 2 is 1.81 bits per heavy atom. The molecule has 7 heteroatoms. The van der Waals surface area contributed by atoms with Gasteiger partial charge < -0.3 is 15.5 Å². The summed E-state index contributed by atoms with van der Waals surface area (Å²) in [5.41, 5.74) is 2.39. The van der Waals surface area contributed by atoms with Gasteiger partial charge in [0, 0.05) is 30.4 Å². The molecule has 0 amide bonds. The molecule has 27 heavy (non-hydrogen) atoms. The van der Waals surface area contributed by atoms with Crippen LogP contribution in [0.2, 0.25) is 0 Å². The minimum Gasteiger partial charge on any atom is -0.353 e. The zero-order valence-corrected chi connectivity index (χ0v) is 16.8. The Morgan fingerprint density at radius 3 is 2.52 bits per heavy atom. The first-order valence-electron chi connectivity index (χ1n) is 8.56. The smallest absolute Gasteiger partial charge is 0.225 e. The second-order valence-electron chi connectivity index (χ2n) is 6.31. The summed E-state index contributed by atoms with van der Waals surface area (Å²) in [5.74, 6) is 0.790. The number of hydrogen-bond donors (Lipinski definition) is 2. The largest absolute Gasteiger partial charge is 0.353 e. The molecule has 0 atom stereocenters. The molecule has 0 aliphatic carbocycles.